The van der Waals surface area contributed by atoms with Gasteiger partial charge in [0.1, 0.15) is 5.75 Å². The Kier molecular flexibility index (Phi) is 6.65. The molecule has 0 amide bonds. The Balaban J connectivity index is 2.20. The predicted molar refractivity (Wildman–Crippen MR) is 94.8 cm³/mol. The molecular formula is C18H15F4IO. The number of hydrogen-bond donors (Lipinski definition) is 0. The summed E-state index contributed by atoms with van der Waals surface area (Å²) < 4.78 is 59.4. The van der Waals surface area contributed by atoms with Crippen LogP contribution in [0.2, 0.25) is 0 Å². The van der Waals surface area contributed by atoms with Crippen LogP contribution in [0.5, 0.6) is 5.75 Å². The molecule has 0 aromatic heterocycles. The minimum atomic E-state index is -1.41. The van der Waals surface area contributed by atoms with Gasteiger partial charge in [-0.15, -0.1) is 0 Å². The largest absolute Gasteiger partial charge is 0.494 e. The topological polar surface area (TPSA) is 9.23 Å². The molecule has 128 valence electrons. The molecule has 0 aliphatic heterocycles. The SMILES string of the molecule is CCCCOc1ccc(/C=C/c2c(F)c(F)c(I)c(F)c2F)cc1. The molecule has 0 spiro atoms. The maximum absolute atomic E-state index is 13.8. The van der Waals surface area contributed by atoms with Gasteiger partial charge in [0, 0.05) is 0 Å². The van der Waals surface area contributed by atoms with Crippen LogP contribution in [0.15, 0.2) is 24.3 Å². The summed E-state index contributed by atoms with van der Waals surface area (Å²) in [4.78, 5) is 0. The van der Waals surface area contributed by atoms with Gasteiger partial charge in [-0.25, -0.2) is 17.6 Å². The van der Waals surface area contributed by atoms with Crippen LogP contribution in [0.25, 0.3) is 12.2 Å². The van der Waals surface area contributed by atoms with Gasteiger partial charge >= 0.3 is 0 Å². The highest BCUT2D eigenvalue weighted by molar-refractivity contribution is 14.1. The lowest BCUT2D eigenvalue weighted by Crippen LogP contribution is -2.02. The number of unbranched alkanes of at least 4 members (excludes halogenated alkanes) is 1. The summed E-state index contributed by atoms with van der Waals surface area (Å²) in [6.07, 6.45) is 4.37. The minimum absolute atomic E-state index is 0.614. The fourth-order valence-corrected chi connectivity index (χ4v) is 2.43. The van der Waals surface area contributed by atoms with Crippen LogP contribution in [0, 0.1) is 26.8 Å². The van der Waals surface area contributed by atoms with E-state index in [9.17, 15) is 17.6 Å². The predicted octanol–water partition coefficient (Wildman–Crippen LogP) is 6.20. The lowest BCUT2D eigenvalue weighted by Gasteiger charge is -2.06. The Morgan fingerprint density at radius 1 is 0.917 bits per heavy atom. The molecule has 0 atom stereocenters. The third kappa shape index (κ3) is 4.28. The summed E-state index contributed by atoms with van der Waals surface area (Å²) in [6.45, 7) is 2.68. The summed E-state index contributed by atoms with van der Waals surface area (Å²) in [5, 5.41) is 0. The number of benzene rings is 2. The molecule has 0 unspecified atom stereocenters. The van der Waals surface area contributed by atoms with Crippen molar-refractivity contribution in [3.8, 4) is 5.75 Å². The van der Waals surface area contributed by atoms with Crippen molar-refractivity contribution in [1.29, 1.82) is 0 Å². The molecular weight excluding hydrogens is 435 g/mol. The zero-order valence-corrected chi connectivity index (χ0v) is 15.0. The number of halogens is 5. The van der Waals surface area contributed by atoms with Crippen LogP contribution in [-0.4, -0.2) is 6.61 Å². The minimum Gasteiger partial charge on any atom is -0.494 e. The summed E-state index contributed by atoms with van der Waals surface area (Å²) in [7, 11) is 0. The Morgan fingerprint density at radius 3 is 2.04 bits per heavy atom. The molecule has 0 radical (unpaired) electrons. The van der Waals surface area contributed by atoms with Crippen molar-refractivity contribution in [2.24, 2.45) is 0 Å². The smallest absolute Gasteiger partial charge is 0.175 e. The van der Waals surface area contributed by atoms with Crippen molar-refractivity contribution in [3.63, 3.8) is 0 Å². The van der Waals surface area contributed by atoms with E-state index in [0.717, 1.165) is 18.9 Å². The second kappa shape index (κ2) is 8.50. The molecule has 0 aliphatic rings. The van der Waals surface area contributed by atoms with Gasteiger partial charge in [0.25, 0.3) is 0 Å². The van der Waals surface area contributed by atoms with Crippen LogP contribution in [0.4, 0.5) is 17.6 Å². The Bertz CT molecular complexity index is 713. The Morgan fingerprint density at radius 2 is 1.50 bits per heavy atom. The van der Waals surface area contributed by atoms with Gasteiger partial charge in [-0.05, 0) is 52.8 Å². The fourth-order valence-electron chi connectivity index (χ4n) is 1.96. The third-order valence-corrected chi connectivity index (χ3v) is 4.28. The molecule has 2 rings (SSSR count). The first kappa shape index (κ1) is 18.8. The standard InChI is InChI=1S/C18H15F4IO/c1-2-3-10-24-12-7-4-11(5-8-12)6-9-13-14(19)16(21)18(23)17(22)15(13)20/h4-9H,2-3,10H2,1H3/b9-6+. The van der Waals surface area contributed by atoms with Crippen molar-refractivity contribution in [3.05, 3.63) is 62.2 Å². The fraction of sp³-hybridized carbons (Fsp3) is 0.222. The third-order valence-electron chi connectivity index (χ3n) is 3.33. The maximum atomic E-state index is 13.8. The molecule has 0 saturated carbocycles. The lowest BCUT2D eigenvalue weighted by molar-refractivity contribution is 0.309. The normalized spacial score (nSPS) is 11.2. The highest BCUT2D eigenvalue weighted by Crippen LogP contribution is 2.27. The van der Waals surface area contributed by atoms with Gasteiger partial charge in [-0.3, -0.25) is 0 Å². The molecule has 24 heavy (non-hydrogen) atoms. The highest BCUT2D eigenvalue weighted by Gasteiger charge is 2.22. The van der Waals surface area contributed by atoms with E-state index in [0.29, 0.717) is 17.9 Å². The van der Waals surface area contributed by atoms with E-state index in [1.54, 1.807) is 24.3 Å². The summed E-state index contributed by atoms with van der Waals surface area (Å²) in [5.41, 5.74) is -0.121. The van der Waals surface area contributed by atoms with Crippen molar-refractivity contribution in [1.82, 2.24) is 0 Å². The Hall–Kier alpha value is -1.57. The van der Waals surface area contributed by atoms with E-state index < -0.39 is 32.4 Å². The van der Waals surface area contributed by atoms with E-state index in [1.807, 2.05) is 0 Å². The zero-order chi connectivity index (χ0) is 17.7. The van der Waals surface area contributed by atoms with E-state index in [1.165, 1.54) is 28.7 Å². The summed E-state index contributed by atoms with van der Waals surface area (Å²) in [5.74, 6) is -4.92. The van der Waals surface area contributed by atoms with Crippen molar-refractivity contribution in [2.45, 2.75) is 19.8 Å². The molecule has 2 aromatic carbocycles. The van der Waals surface area contributed by atoms with Gasteiger partial charge in [-0.1, -0.05) is 31.6 Å². The van der Waals surface area contributed by atoms with Crippen LogP contribution >= 0.6 is 22.6 Å². The average molecular weight is 450 g/mol. The first-order chi connectivity index (χ1) is 11.5. The quantitative estimate of drug-likeness (QED) is 0.127. The lowest BCUT2D eigenvalue weighted by atomic mass is 10.1. The van der Waals surface area contributed by atoms with Crippen LogP contribution in [0.1, 0.15) is 30.9 Å². The molecule has 2 aromatic rings. The second-order valence-corrected chi connectivity index (χ2v) is 6.17. The van der Waals surface area contributed by atoms with E-state index in [2.05, 4.69) is 6.92 Å². The molecule has 1 nitrogen and oxygen atoms in total. The van der Waals surface area contributed by atoms with Crippen LogP contribution in [0.3, 0.4) is 0 Å². The zero-order valence-electron chi connectivity index (χ0n) is 12.9. The molecule has 0 aliphatic carbocycles. The van der Waals surface area contributed by atoms with Crippen molar-refractivity contribution >= 4 is 34.7 Å². The van der Waals surface area contributed by atoms with Crippen molar-refractivity contribution < 1.29 is 22.3 Å². The molecule has 0 fully saturated rings. The molecule has 0 saturated heterocycles. The number of ether oxygens (including phenoxy) is 1. The van der Waals surface area contributed by atoms with Gasteiger partial charge in [0.05, 0.1) is 15.7 Å². The highest BCUT2D eigenvalue weighted by atomic mass is 127. The monoisotopic (exact) mass is 450 g/mol. The summed E-state index contributed by atoms with van der Waals surface area (Å²) >= 11 is 1.23. The molecule has 6 heteroatoms. The van der Waals surface area contributed by atoms with E-state index in [-0.39, 0.29) is 0 Å². The number of rotatable bonds is 6. The van der Waals surface area contributed by atoms with Gasteiger partial charge in [0.15, 0.2) is 23.3 Å². The van der Waals surface area contributed by atoms with Gasteiger partial charge < -0.3 is 4.74 Å². The van der Waals surface area contributed by atoms with Crippen molar-refractivity contribution in [2.75, 3.05) is 6.61 Å². The second-order valence-electron chi connectivity index (χ2n) is 5.09. The first-order valence-electron chi connectivity index (χ1n) is 7.38. The molecule has 0 N–H and O–H groups in total. The van der Waals surface area contributed by atoms with Crippen LogP contribution < -0.4 is 4.74 Å². The molecule has 0 bridgehead atoms. The van der Waals surface area contributed by atoms with Gasteiger partial charge in [0.2, 0.25) is 0 Å². The summed E-state index contributed by atoms with van der Waals surface area (Å²) in [6, 6.07) is 6.81. The molecule has 0 heterocycles. The first-order valence-corrected chi connectivity index (χ1v) is 8.46. The average Bonchev–Trinajstić information content (AvgIpc) is 2.60. The maximum Gasteiger partial charge on any atom is 0.175 e. The van der Waals surface area contributed by atoms with E-state index in [4.69, 9.17) is 4.74 Å². The van der Waals surface area contributed by atoms with Crippen LogP contribution in [-0.2, 0) is 0 Å². The van der Waals surface area contributed by atoms with Gasteiger partial charge in [-0.2, -0.15) is 0 Å². The van der Waals surface area contributed by atoms with E-state index >= 15 is 0 Å². The Labute approximate surface area is 151 Å². The number of hydrogen-bond acceptors (Lipinski definition) is 1.